The van der Waals surface area contributed by atoms with Crippen LogP contribution in [0.5, 0.6) is 0 Å². The van der Waals surface area contributed by atoms with E-state index in [1.807, 2.05) is 13.8 Å². The van der Waals surface area contributed by atoms with Crippen molar-refractivity contribution in [3.8, 4) is 0 Å². The molecule has 0 radical (unpaired) electrons. The quantitative estimate of drug-likeness (QED) is 0.487. The number of carbonyl (C=O) groups is 1. The van der Waals surface area contributed by atoms with Crippen LogP contribution in [0.15, 0.2) is 24.3 Å². The monoisotopic (exact) mass is 250 g/mol. The van der Waals surface area contributed by atoms with Crippen LogP contribution in [0.3, 0.4) is 0 Å². The van der Waals surface area contributed by atoms with Gasteiger partial charge in [0.2, 0.25) is 5.97 Å². The largest absolute Gasteiger partial charge is 1.00 e. The van der Waals surface area contributed by atoms with Crippen molar-refractivity contribution < 1.29 is 67.7 Å². The smallest absolute Gasteiger partial charge is 0.509 e. The third kappa shape index (κ3) is 6.55. The molecule has 1 aromatic rings. The van der Waals surface area contributed by atoms with Crippen LogP contribution >= 0.6 is 0 Å². The van der Waals surface area contributed by atoms with Gasteiger partial charge in [-0.3, -0.25) is 0 Å². The second kappa shape index (κ2) is 10.6. The van der Waals surface area contributed by atoms with Gasteiger partial charge in [0.15, 0.2) is 0 Å². The maximum Gasteiger partial charge on any atom is 1.00 e. The van der Waals surface area contributed by atoms with Crippen LogP contribution in [0.25, 0.3) is 0 Å². The summed E-state index contributed by atoms with van der Waals surface area (Å²) in [5, 5.41) is 0. The van der Waals surface area contributed by atoms with Crippen LogP contribution in [0.2, 0.25) is 0 Å². The number of benzene rings is 1. The van der Waals surface area contributed by atoms with Crippen LogP contribution in [0, 0.1) is 6.07 Å². The fraction of sp³-hybridized carbons (Fsp3) is 0.300. The second-order valence-electron chi connectivity index (χ2n) is 1.77. The van der Waals surface area contributed by atoms with Crippen molar-refractivity contribution in [3.63, 3.8) is 0 Å². The molecule has 0 saturated heterocycles. The Balaban J connectivity index is 0. The van der Waals surface area contributed by atoms with Crippen molar-refractivity contribution in [2.75, 3.05) is 7.11 Å². The molecule has 0 aliphatic heterocycles. The summed E-state index contributed by atoms with van der Waals surface area (Å²) in [5.41, 5.74) is 0.463. The first-order valence-corrected chi connectivity index (χ1v) is 3.89. The number of hydrogen-bond acceptors (Lipinski definition) is 2. The van der Waals surface area contributed by atoms with Crippen molar-refractivity contribution in [1.82, 2.24) is 0 Å². The average Bonchev–Trinajstić information content (AvgIpc) is 2.21. The Labute approximate surface area is 128 Å². The Morgan fingerprint density at radius 3 is 2.38 bits per heavy atom. The van der Waals surface area contributed by atoms with Gasteiger partial charge in [0.05, 0.1) is 7.11 Å². The first kappa shape index (κ1) is 15.9. The fourth-order valence-corrected chi connectivity index (χ4v) is 0.630. The summed E-state index contributed by atoms with van der Waals surface area (Å²) >= 11 is 0. The Morgan fingerprint density at radius 2 is 2.00 bits per heavy atom. The first-order valence-electron chi connectivity index (χ1n) is 3.89. The molecular weight excluding hydrogens is 238 g/mol. The number of carbonyl (C=O) groups excluding carboxylic acids is 1. The molecule has 0 spiro atoms. The maximum atomic E-state index is 10.8. The maximum absolute atomic E-state index is 10.8. The van der Waals surface area contributed by atoms with Crippen LogP contribution in [-0.2, 0) is 4.74 Å². The molecule has 0 amide bonds. The van der Waals surface area contributed by atoms with Crippen LogP contribution in [0.4, 0.5) is 0 Å². The van der Waals surface area contributed by atoms with Gasteiger partial charge in [0, 0.05) is 0 Å². The zero-order valence-corrected chi connectivity index (χ0v) is 13.5. The van der Waals surface area contributed by atoms with E-state index in [1.54, 1.807) is 24.3 Å². The molecule has 0 fully saturated rings. The Morgan fingerprint density at radius 1 is 1.38 bits per heavy atom. The third-order valence-electron chi connectivity index (χ3n) is 1.11. The number of esters is 1. The van der Waals surface area contributed by atoms with E-state index in [9.17, 15) is 4.79 Å². The molecule has 2 nitrogen and oxygen atoms in total. The molecule has 66 valence electrons. The number of ether oxygens (including phenoxy) is 1. The molecule has 13 heavy (non-hydrogen) atoms. The molecular formula is C10H13O2Rb. The molecule has 0 unspecified atom stereocenters. The van der Waals surface area contributed by atoms with Gasteiger partial charge in [0.25, 0.3) is 0 Å². The van der Waals surface area contributed by atoms with Crippen LogP contribution in [0.1, 0.15) is 24.2 Å². The van der Waals surface area contributed by atoms with Gasteiger partial charge in [0.1, 0.15) is 0 Å². The molecule has 0 aliphatic carbocycles. The van der Waals surface area contributed by atoms with Crippen molar-refractivity contribution in [3.05, 3.63) is 35.9 Å². The summed E-state index contributed by atoms with van der Waals surface area (Å²) in [5.74, 6) is -0.347. The minimum absolute atomic E-state index is 0. The Bertz CT molecular complexity index is 222. The Hall–Kier alpha value is 0.495. The summed E-state index contributed by atoms with van der Waals surface area (Å²) in [4.78, 5) is 10.8. The zero-order valence-electron chi connectivity index (χ0n) is 8.63. The van der Waals surface area contributed by atoms with E-state index >= 15 is 0 Å². The summed E-state index contributed by atoms with van der Waals surface area (Å²) in [7, 11) is 1.35. The van der Waals surface area contributed by atoms with Crippen molar-refractivity contribution >= 4 is 5.97 Å². The van der Waals surface area contributed by atoms with E-state index in [2.05, 4.69) is 10.8 Å². The minimum Gasteiger partial charge on any atom is -0.509 e. The standard InChI is InChI=1S/C8H7O2.C2H6.Rb/c1-10-8(9)7-5-3-2-4-6-7;1-2;/h2-5H,1H3;1-2H3;/q-1;;+1. The van der Waals surface area contributed by atoms with Gasteiger partial charge in [-0.15, -0.1) is 30.3 Å². The number of hydrogen-bond donors (Lipinski definition) is 0. The predicted octanol–water partition coefficient (Wildman–Crippen LogP) is -0.696. The molecule has 1 aromatic carbocycles. The second-order valence-corrected chi connectivity index (χ2v) is 1.77. The summed E-state index contributed by atoms with van der Waals surface area (Å²) in [6, 6.07) is 9.64. The van der Waals surface area contributed by atoms with Gasteiger partial charge >= 0.3 is 58.2 Å². The molecule has 0 N–H and O–H groups in total. The molecule has 0 atom stereocenters. The van der Waals surface area contributed by atoms with E-state index in [4.69, 9.17) is 0 Å². The molecule has 0 aromatic heterocycles. The Kier molecular flexibility index (Phi) is 13.0. The van der Waals surface area contributed by atoms with E-state index in [0.29, 0.717) is 5.56 Å². The van der Waals surface area contributed by atoms with Crippen molar-refractivity contribution in [1.29, 1.82) is 0 Å². The van der Waals surface area contributed by atoms with Crippen LogP contribution in [-0.4, -0.2) is 13.1 Å². The zero-order chi connectivity index (χ0) is 9.40. The molecule has 0 saturated carbocycles. The first-order chi connectivity index (χ1) is 5.84. The summed E-state index contributed by atoms with van der Waals surface area (Å²) < 4.78 is 4.47. The predicted molar refractivity (Wildman–Crippen MR) is 48.0 cm³/mol. The number of methoxy groups -OCH3 is 1. The van der Waals surface area contributed by atoms with E-state index in [1.165, 1.54) is 7.11 Å². The minimum atomic E-state index is -0.347. The van der Waals surface area contributed by atoms with E-state index < -0.39 is 0 Å². The normalized spacial score (nSPS) is 7.31. The third-order valence-corrected chi connectivity index (χ3v) is 1.11. The SMILES string of the molecule is CC.COC(=O)c1[c-]cccc1.[Rb+]. The topological polar surface area (TPSA) is 26.3 Å². The molecule has 3 heteroatoms. The van der Waals surface area contributed by atoms with Gasteiger partial charge in [-0.25, -0.2) is 0 Å². The van der Waals surface area contributed by atoms with Gasteiger partial charge in [-0.05, 0) is 0 Å². The number of rotatable bonds is 1. The average molecular weight is 251 g/mol. The van der Waals surface area contributed by atoms with Crippen molar-refractivity contribution in [2.45, 2.75) is 13.8 Å². The van der Waals surface area contributed by atoms with E-state index in [0.717, 1.165) is 0 Å². The van der Waals surface area contributed by atoms with Gasteiger partial charge in [-0.2, -0.15) is 0 Å². The molecule has 1 rings (SSSR count). The molecule has 0 heterocycles. The van der Waals surface area contributed by atoms with Crippen LogP contribution < -0.4 is 58.2 Å². The van der Waals surface area contributed by atoms with Gasteiger partial charge < -0.3 is 9.53 Å². The van der Waals surface area contributed by atoms with Gasteiger partial charge in [-0.1, -0.05) is 19.4 Å². The molecule has 0 bridgehead atoms. The van der Waals surface area contributed by atoms with E-state index in [-0.39, 0.29) is 64.2 Å². The fourth-order valence-electron chi connectivity index (χ4n) is 0.630. The molecule has 0 aliphatic rings. The summed E-state index contributed by atoms with van der Waals surface area (Å²) in [6.45, 7) is 4.00. The van der Waals surface area contributed by atoms with Crippen molar-refractivity contribution in [2.24, 2.45) is 0 Å². The summed E-state index contributed by atoms with van der Waals surface area (Å²) in [6.07, 6.45) is 0.